The van der Waals surface area contributed by atoms with E-state index in [2.05, 4.69) is 9.92 Å². The monoisotopic (exact) mass is 182 g/mol. The van der Waals surface area contributed by atoms with E-state index in [1.165, 1.54) is 4.72 Å². The van der Waals surface area contributed by atoms with Crippen molar-refractivity contribution in [2.75, 3.05) is 6.61 Å². The Hall–Kier alpha value is -0.820. The van der Waals surface area contributed by atoms with Crippen molar-refractivity contribution in [1.29, 1.82) is 0 Å². The summed E-state index contributed by atoms with van der Waals surface area (Å²) in [5.74, 6) is 0. The lowest BCUT2D eigenvalue weighted by Gasteiger charge is -2.02. The maximum absolute atomic E-state index is 10.6. The van der Waals surface area contributed by atoms with E-state index in [0.29, 0.717) is 6.42 Å². The van der Waals surface area contributed by atoms with Gasteiger partial charge in [-0.15, -0.1) is 0 Å². The third-order valence-corrected chi connectivity index (χ3v) is 1.60. The lowest BCUT2D eigenvalue weighted by Crippen LogP contribution is -2.36. The zero-order valence-corrected chi connectivity index (χ0v) is 6.85. The van der Waals surface area contributed by atoms with Gasteiger partial charge in [0, 0.05) is 0 Å². The van der Waals surface area contributed by atoms with Gasteiger partial charge in [0.2, 0.25) is 0 Å². The SMILES string of the molecule is CCCOS(=O)(=O)NC(N)=O. The van der Waals surface area contributed by atoms with Crippen LogP contribution in [0.25, 0.3) is 0 Å². The number of carbonyl (C=O) groups is 1. The maximum Gasteiger partial charge on any atom is 0.363 e. The molecule has 0 aliphatic heterocycles. The van der Waals surface area contributed by atoms with Gasteiger partial charge in [-0.05, 0) is 6.42 Å². The molecule has 0 radical (unpaired) electrons. The Balaban J connectivity index is 3.92. The van der Waals surface area contributed by atoms with Gasteiger partial charge in [0.05, 0.1) is 6.61 Å². The fourth-order valence-corrected chi connectivity index (χ4v) is 1.04. The standard InChI is InChI=1S/C4H10N2O4S/c1-2-3-10-11(8,9)6-4(5)7/h2-3H2,1H3,(H3,5,6,7). The smallest absolute Gasteiger partial charge is 0.351 e. The van der Waals surface area contributed by atoms with E-state index in [9.17, 15) is 13.2 Å². The molecule has 0 aromatic rings. The third-order valence-electron chi connectivity index (χ3n) is 0.668. The number of nitrogens with one attached hydrogen (secondary N) is 1. The number of rotatable bonds is 4. The highest BCUT2D eigenvalue weighted by Gasteiger charge is 2.10. The zero-order valence-electron chi connectivity index (χ0n) is 6.03. The van der Waals surface area contributed by atoms with E-state index >= 15 is 0 Å². The van der Waals surface area contributed by atoms with Crippen LogP contribution in [0.3, 0.4) is 0 Å². The van der Waals surface area contributed by atoms with Crippen LogP contribution in [0.5, 0.6) is 0 Å². The van der Waals surface area contributed by atoms with Crippen molar-refractivity contribution >= 4 is 16.3 Å². The Morgan fingerprint density at radius 1 is 1.64 bits per heavy atom. The Morgan fingerprint density at radius 3 is 2.55 bits per heavy atom. The number of primary amides is 1. The van der Waals surface area contributed by atoms with Crippen molar-refractivity contribution in [3.63, 3.8) is 0 Å². The molecule has 0 aromatic heterocycles. The summed E-state index contributed by atoms with van der Waals surface area (Å²) in [6.45, 7) is 1.77. The fourth-order valence-electron chi connectivity index (χ4n) is 0.346. The molecular formula is C4H10N2O4S. The van der Waals surface area contributed by atoms with Gasteiger partial charge in [-0.2, -0.15) is 8.42 Å². The average molecular weight is 182 g/mol. The van der Waals surface area contributed by atoms with Gasteiger partial charge in [-0.25, -0.2) is 9.52 Å². The predicted molar refractivity (Wildman–Crippen MR) is 37.9 cm³/mol. The van der Waals surface area contributed by atoms with E-state index in [1.807, 2.05) is 0 Å². The van der Waals surface area contributed by atoms with Crippen LogP contribution in [-0.2, 0) is 14.5 Å². The minimum absolute atomic E-state index is 0.0304. The van der Waals surface area contributed by atoms with Gasteiger partial charge in [0.15, 0.2) is 0 Å². The first kappa shape index (κ1) is 10.2. The first-order valence-corrected chi connectivity index (χ1v) is 4.35. The molecule has 2 amide bonds. The van der Waals surface area contributed by atoms with Crippen LogP contribution in [0.2, 0.25) is 0 Å². The summed E-state index contributed by atoms with van der Waals surface area (Å²) in [6, 6.07) is -1.15. The molecule has 0 saturated heterocycles. The second kappa shape index (κ2) is 4.14. The molecule has 6 nitrogen and oxygen atoms in total. The number of carbonyl (C=O) groups excluding carboxylic acids is 1. The summed E-state index contributed by atoms with van der Waals surface area (Å²) in [7, 11) is -3.97. The molecule has 7 heteroatoms. The number of hydrogen-bond acceptors (Lipinski definition) is 4. The zero-order chi connectivity index (χ0) is 8.91. The topological polar surface area (TPSA) is 98.5 Å². The minimum atomic E-state index is -3.97. The summed E-state index contributed by atoms with van der Waals surface area (Å²) in [5, 5.41) is 0. The summed E-state index contributed by atoms with van der Waals surface area (Å²) < 4.78 is 26.8. The summed E-state index contributed by atoms with van der Waals surface area (Å²) in [5.41, 5.74) is 4.54. The third kappa shape index (κ3) is 5.62. The molecule has 0 aliphatic rings. The Labute approximate surface area is 65.0 Å². The van der Waals surface area contributed by atoms with Gasteiger partial charge < -0.3 is 5.73 Å². The summed E-state index contributed by atoms with van der Waals surface area (Å²) in [4.78, 5) is 10.0. The predicted octanol–water partition coefficient (Wildman–Crippen LogP) is -0.674. The molecule has 0 bridgehead atoms. The molecule has 0 rings (SSSR count). The van der Waals surface area contributed by atoms with Crippen molar-refractivity contribution in [2.24, 2.45) is 5.73 Å². The lowest BCUT2D eigenvalue weighted by atomic mass is 10.5. The molecule has 0 unspecified atom stereocenters. The van der Waals surface area contributed by atoms with E-state index in [0.717, 1.165) is 0 Å². The normalized spacial score (nSPS) is 11.0. The van der Waals surface area contributed by atoms with Crippen molar-refractivity contribution in [3.05, 3.63) is 0 Å². The van der Waals surface area contributed by atoms with Crippen LogP contribution >= 0.6 is 0 Å². The molecule has 0 fully saturated rings. The Bertz CT molecular complexity index is 222. The van der Waals surface area contributed by atoms with Gasteiger partial charge in [0.25, 0.3) is 0 Å². The van der Waals surface area contributed by atoms with Crippen LogP contribution in [0.4, 0.5) is 4.79 Å². The second-order valence-corrected chi connectivity index (χ2v) is 3.09. The second-order valence-electron chi connectivity index (χ2n) is 1.74. The molecule has 0 heterocycles. The fraction of sp³-hybridized carbons (Fsp3) is 0.750. The number of urea groups is 1. The molecule has 0 atom stereocenters. The van der Waals surface area contributed by atoms with E-state index < -0.39 is 16.3 Å². The first-order valence-electron chi connectivity index (χ1n) is 2.94. The number of hydrogen-bond donors (Lipinski definition) is 2. The lowest BCUT2D eigenvalue weighted by molar-refractivity contribution is 0.250. The molecule has 0 aromatic carbocycles. The van der Waals surface area contributed by atoms with E-state index in [4.69, 9.17) is 0 Å². The minimum Gasteiger partial charge on any atom is -0.351 e. The molecule has 66 valence electrons. The Morgan fingerprint density at radius 2 is 2.18 bits per heavy atom. The molecular weight excluding hydrogens is 172 g/mol. The van der Waals surface area contributed by atoms with Crippen LogP contribution in [0.15, 0.2) is 0 Å². The van der Waals surface area contributed by atoms with Crippen LogP contribution in [-0.4, -0.2) is 21.1 Å². The van der Waals surface area contributed by atoms with Crippen LogP contribution in [0, 0.1) is 0 Å². The number of nitrogens with two attached hydrogens (primary N) is 1. The highest BCUT2D eigenvalue weighted by molar-refractivity contribution is 7.85. The first-order chi connectivity index (χ1) is 4.98. The summed E-state index contributed by atoms with van der Waals surface area (Å²) in [6.07, 6.45) is 0.541. The molecule has 3 N–H and O–H groups in total. The maximum atomic E-state index is 10.6. The molecule has 0 saturated carbocycles. The largest absolute Gasteiger partial charge is 0.363 e. The van der Waals surface area contributed by atoms with Crippen LogP contribution in [0.1, 0.15) is 13.3 Å². The number of amides is 2. The van der Waals surface area contributed by atoms with Gasteiger partial charge in [-0.1, -0.05) is 6.92 Å². The van der Waals surface area contributed by atoms with E-state index in [-0.39, 0.29) is 6.61 Å². The van der Waals surface area contributed by atoms with Crippen molar-refractivity contribution < 1.29 is 17.4 Å². The highest BCUT2D eigenvalue weighted by Crippen LogP contribution is 1.88. The van der Waals surface area contributed by atoms with Gasteiger partial charge in [-0.3, -0.25) is 4.18 Å². The highest BCUT2D eigenvalue weighted by atomic mass is 32.2. The molecule has 0 aliphatic carbocycles. The van der Waals surface area contributed by atoms with Crippen LogP contribution < -0.4 is 10.5 Å². The summed E-state index contributed by atoms with van der Waals surface area (Å²) >= 11 is 0. The molecule has 11 heavy (non-hydrogen) atoms. The van der Waals surface area contributed by atoms with Gasteiger partial charge >= 0.3 is 16.3 Å². The van der Waals surface area contributed by atoms with Crippen molar-refractivity contribution in [1.82, 2.24) is 4.72 Å². The average Bonchev–Trinajstić information content (AvgIpc) is 1.81. The van der Waals surface area contributed by atoms with Crippen molar-refractivity contribution in [2.45, 2.75) is 13.3 Å². The quantitative estimate of drug-likeness (QED) is 0.602. The van der Waals surface area contributed by atoms with Gasteiger partial charge in [0.1, 0.15) is 0 Å². The molecule has 0 spiro atoms. The Kier molecular flexibility index (Phi) is 3.83. The van der Waals surface area contributed by atoms with E-state index in [1.54, 1.807) is 6.92 Å². The van der Waals surface area contributed by atoms with Crippen molar-refractivity contribution in [3.8, 4) is 0 Å².